The summed E-state index contributed by atoms with van der Waals surface area (Å²) in [5.74, 6) is 1.34. The number of fused-ring (bicyclic) bond motifs is 1. The number of nitrogens with zero attached hydrogens (tertiary/aromatic N) is 4. The van der Waals surface area contributed by atoms with Gasteiger partial charge in [0.15, 0.2) is 0 Å². The van der Waals surface area contributed by atoms with Gasteiger partial charge in [-0.3, -0.25) is 0 Å². The zero-order valence-corrected chi connectivity index (χ0v) is 16.6. The minimum Gasteiger partial charge on any atom is -0.338 e. The van der Waals surface area contributed by atoms with Crippen molar-refractivity contribution in [2.24, 2.45) is 0 Å². The lowest BCUT2D eigenvalue weighted by atomic mass is 10.1. The summed E-state index contributed by atoms with van der Waals surface area (Å²) < 4.78 is 18.6. The van der Waals surface area contributed by atoms with E-state index in [1.165, 1.54) is 23.9 Å². The molecule has 0 saturated carbocycles. The molecule has 3 aromatic heterocycles. The molecule has 0 spiro atoms. The smallest absolute Gasteiger partial charge is 0.237 e. The van der Waals surface area contributed by atoms with Crippen molar-refractivity contribution in [3.05, 3.63) is 77.8 Å². The highest BCUT2D eigenvalue weighted by atomic mass is 32.2. The number of hydrogen-bond donors (Lipinski definition) is 0. The molecule has 3 heterocycles. The molecule has 0 radical (unpaired) electrons. The van der Waals surface area contributed by atoms with Crippen LogP contribution in [0.5, 0.6) is 0 Å². The average Bonchev–Trinajstić information content (AvgIpc) is 3.45. The van der Waals surface area contributed by atoms with E-state index in [0.717, 1.165) is 31.9 Å². The van der Waals surface area contributed by atoms with Crippen LogP contribution in [0.2, 0.25) is 0 Å². The molecule has 0 aliphatic rings. The van der Waals surface area contributed by atoms with Crippen molar-refractivity contribution in [3.8, 4) is 22.0 Å². The predicted molar refractivity (Wildman–Crippen MR) is 112 cm³/mol. The molecule has 142 valence electrons. The minimum absolute atomic E-state index is 0.278. The Morgan fingerprint density at radius 3 is 2.55 bits per heavy atom. The molecule has 29 heavy (non-hydrogen) atoms. The van der Waals surface area contributed by atoms with Gasteiger partial charge in [-0.2, -0.15) is 4.98 Å². The summed E-state index contributed by atoms with van der Waals surface area (Å²) in [4.78, 5) is 5.42. The summed E-state index contributed by atoms with van der Waals surface area (Å²) in [5.41, 5.74) is 1.55. The van der Waals surface area contributed by atoms with Gasteiger partial charge in [0.25, 0.3) is 0 Å². The van der Waals surface area contributed by atoms with Gasteiger partial charge in [-0.05, 0) is 35.7 Å². The van der Waals surface area contributed by atoms with E-state index in [4.69, 9.17) is 4.52 Å². The molecule has 0 aliphatic carbocycles. The molecule has 0 amide bonds. The van der Waals surface area contributed by atoms with Crippen LogP contribution in [0.4, 0.5) is 4.39 Å². The van der Waals surface area contributed by atoms with Crippen molar-refractivity contribution in [2.75, 3.05) is 0 Å². The number of hydrogen-bond acceptors (Lipinski definition) is 7. The van der Waals surface area contributed by atoms with Crippen LogP contribution in [-0.4, -0.2) is 20.3 Å². The van der Waals surface area contributed by atoms with E-state index >= 15 is 0 Å². The largest absolute Gasteiger partial charge is 0.338 e. The number of rotatable bonds is 5. The first-order valence-corrected chi connectivity index (χ1v) is 10.6. The normalized spacial score (nSPS) is 11.2. The summed E-state index contributed by atoms with van der Waals surface area (Å²) in [6, 6.07) is 18.1. The van der Waals surface area contributed by atoms with Crippen LogP contribution >= 0.6 is 23.1 Å². The lowest BCUT2D eigenvalue weighted by Crippen LogP contribution is -1.94. The summed E-state index contributed by atoms with van der Waals surface area (Å²) in [5, 5.41) is 17.5. The molecule has 5 rings (SSSR count). The van der Waals surface area contributed by atoms with Crippen LogP contribution in [0.3, 0.4) is 0 Å². The highest BCUT2D eigenvalue weighted by Gasteiger charge is 2.14. The van der Waals surface area contributed by atoms with E-state index in [1.54, 1.807) is 23.5 Å². The van der Waals surface area contributed by atoms with E-state index in [0.29, 0.717) is 17.5 Å². The second-order valence-corrected chi connectivity index (χ2v) is 8.10. The molecule has 0 saturated heterocycles. The Morgan fingerprint density at radius 1 is 0.931 bits per heavy atom. The van der Waals surface area contributed by atoms with Gasteiger partial charge in [0.1, 0.15) is 16.5 Å². The lowest BCUT2D eigenvalue weighted by Gasteiger charge is -2.08. The highest BCUT2D eigenvalue weighted by molar-refractivity contribution is 7.98. The summed E-state index contributed by atoms with van der Waals surface area (Å²) in [6.45, 7) is 0. The van der Waals surface area contributed by atoms with Gasteiger partial charge in [-0.25, -0.2) is 4.39 Å². The Kier molecular flexibility index (Phi) is 4.79. The second-order valence-electron chi connectivity index (χ2n) is 6.18. The molecule has 0 aliphatic heterocycles. The fourth-order valence-electron chi connectivity index (χ4n) is 2.96. The molecule has 0 N–H and O–H groups in total. The maximum atomic E-state index is 13.3. The Balaban J connectivity index is 1.44. The first-order chi connectivity index (χ1) is 14.3. The fourth-order valence-corrected chi connectivity index (χ4v) is 4.42. The second kappa shape index (κ2) is 7.73. The van der Waals surface area contributed by atoms with Gasteiger partial charge in [0, 0.05) is 16.3 Å². The summed E-state index contributed by atoms with van der Waals surface area (Å²) in [7, 11) is 0. The third-order valence-corrected chi connectivity index (χ3v) is 6.15. The zero-order chi connectivity index (χ0) is 19.6. The zero-order valence-electron chi connectivity index (χ0n) is 14.9. The van der Waals surface area contributed by atoms with Crippen LogP contribution < -0.4 is 0 Å². The van der Waals surface area contributed by atoms with Crippen LogP contribution in [0, 0.1) is 5.82 Å². The van der Waals surface area contributed by atoms with E-state index in [1.807, 2.05) is 41.8 Å². The quantitative estimate of drug-likeness (QED) is 0.333. The van der Waals surface area contributed by atoms with Crippen LogP contribution in [0.15, 0.2) is 75.6 Å². The number of thiophene rings is 1. The van der Waals surface area contributed by atoms with Gasteiger partial charge < -0.3 is 4.52 Å². The Hall–Kier alpha value is -3.10. The number of aromatic nitrogens is 4. The average molecular weight is 420 g/mol. The monoisotopic (exact) mass is 420 g/mol. The van der Waals surface area contributed by atoms with E-state index in [9.17, 15) is 4.39 Å². The molecule has 5 aromatic rings. The molecule has 8 heteroatoms. The van der Waals surface area contributed by atoms with Gasteiger partial charge in [-0.15, -0.1) is 21.5 Å². The van der Waals surface area contributed by atoms with Crippen molar-refractivity contribution in [1.29, 1.82) is 0 Å². The molecule has 0 unspecified atom stereocenters. The van der Waals surface area contributed by atoms with E-state index < -0.39 is 0 Å². The topological polar surface area (TPSA) is 64.7 Å². The van der Waals surface area contributed by atoms with Gasteiger partial charge >= 0.3 is 0 Å². The lowest BCUT2D eigenvalue weighted by molar-refractivity contribution is 0.392. The summed E-state index contributed by atoms with van der Waals surface area (Å²) >= 11 is 3.06. The van der Waals surface area contributed by atoms with Crippen molar-refractivity contribution in [2.45, 2.75) is 10.8 Å². The van der Waals surface area contributed by atoms with E-state index in [-0.39, 0.29) is 5.82 Å². The Morgan fingerprint density at radius 2 is 1.76 bits per heavy atom. The van der Waals surface area contributed by atoms with Crippen LogP contribution in [-0.2, 0) is 5.75 Å². The minimum atomic E-state index is -0.278. The molecule has 0 atom stereocenters. The number of halogens is 1. The van der Waals surface area contributed by atoms with Gasteiger partial charge in [-0.1, -0.05) is 47.3 Å². The van der Waals surface area contributed by atoms with Crippen molar-refractivity contribution >= 4 is 33.9 Å². The predicted octanol–water partition coefficient (Wildman–Crippen LogP) is 5.84. The molecule has 0 fully saturated rings. The molecular formula is C21H13FN4OS2. The fraction of sp³-hybridized carbons (Fsp3) is 0.0476. The SMILES string of the molecule is Fc1ccc(-c2nnc(SCc3nc(-c4cccs4)no3)c3ccccc23)cc1. The van der Waals surface area contributed by atoms with Crippen LogP contribution in [0.25, 0.3) is 32.7 Å². The summed E-state index contributed by atoms with van der Waals surface area (Å²) in [6.07, 6.45) is 0. The van der Waals surface area contributed by atoms with Gasteiger partial charge in [0.05, 0.1) is 10.6 Å². The number of thioether (sulfide) groups is 1. The first kappa shape index (κ1) is 18.0. The molecular weight excluding hydrogens is 407 g/mol. The standard InChI is InChI=1S/C21H13FN4OS2/c22-14-9-7-13(8-10-14)19-15-4-1-2-5-16(15)21(25-24-19)29-12-18-23-20(26-27-18)17-6-3-11-28-17/h1-11H,12H2. The van der Waals surface area contributed by atoms with E-state index in [2.05, 4.69) is 20.3 Å². The van der Waals surface area contributed by atoms with Crippen molar-refractivity contribution in [1.82, 2.24) is 20.3 Å². The highest BCUT2D eigenvalue weighted by Crippen LogP contribution is 2.33. The third-order valence-electron chi connectivity index (χ3n) is 4.31. The Bertz CT molecular complexity index is 1270. The van der Waals surface area contributed by atoms with Crippen molar-refractivity contribution in [3.63, 3.8) is 0 Å². The molecule has 2 aromatic carbocycles. The maximum absolute atomic E-state index is 13.3. The number of benzene rings is 2. The first-order valence-electron chi connectivity index (χ1n) is 8.78. The third kappa shape index (κ3) is 3.64. The van der Waals surface area contributed by atoms with Gasteiger partial charge in [0.2, 0.25) is 11.7 Å². The Labute approximate surface area is 173 Å². The maximum Gasteiger partial charge on any atom is 0.237 e. The van der Waals surface area contributed by atoms with Crippen molar-refractivity contribution < 1.29 is 8.91 Å². The molecule has 5 nitrogen and oxygen atoms in total. The van der Waals surface area contributed by atoms with Crippen LogP contribution in [0.1, 0.15) is 5.89 Å². The molecule has 0 bridgehead atoms.